The lowest BCUT2D eigenvalue weighted by molar-refractivity contribution is 0.472. The van der Waals surface area contributed by atoms with Crippen LogP contribution >= 0.6 is 0 Å². The van der Waals surface area contributed by atoms with E-state index in [0.29, 0.717) is 0 Å². The van der Waals surface area contributed by atoms with E-state index in [1.807, 2.05) is 0 Å². The highest BCUT2D eigenvalue weighted by Gasteiger charge is 2.42. The highest BCUT2D eigenvalue weighted by Crippen LogP contribution is 2.62. The van der Waals surface area contributed by atoms with E-state index >= 15 is 0 Å². The van der Waals surface area contributed by atoms with Crippen molar-refractivity contribution in [2.24, 2.45) is 0 Å². The molecule has 7 aromatic rings. The van der Waals surface area contributed by atoms with Crippen LogP contribution in [0.25, 0.3) is 22.3 Å². The van der Waals surface area contributed by atoms with Gasteiger partial charge < -0.3 is 14.5 Å². The molecule has 236 valence electrons. The zero-order chi connectivity index (χ0) is 33.1. The highest BCUT2D eigenvalue weighted by molar-refractivity contribution is 5.98. The minimum atomic E-state index is -0.190. The van der Waals surface area contributed by atoms with Crippen LogP contribution in [0.1, 0.15) is 30.5 Å². The Morgan fingerprint density at radius 2 is 1.12 bits per heavy atom. The van der Waals surface area contributed by atoms with E-state index in [2.05, 4.69) is 194 Å². The second-order valence-corrected chi connectivity index (χ2v) is 13.5. The summed E-state index contributed by atoms with van der Waals surface area (Å²) in [6.07, 6.45) is 0. The summed E-state index contributed by atoms with van der Waals surface area (Å²) in [5.41, 5.74) is 14.9. The molecule has 0 saturated carbocycles. The number of fused-ring (bicyclic) bond motifs is 4. The minimum absolute atomic E-state index is 0.190. The summed E-state index contributed by atoms with van der Waals surface area (Å²) < 4.78 is 6.94. The Morgan fingerprint density at radius 3 is 1.88 bits per heavy atom. The third-order valence-electron chi connectivity index (χ3n) is 10.1. The average Bonchev–Trinajstić information content (AvgIpc) is 3.14. The number of rotatable bonds is 5. The summed E-state index contributed by atoms with van der Waals surface area (Å²) in [4.78, 5) is 4.75. The lowest BCUT2D eigenvalue weighted by Crippen LogP contribution is -2.32. The number of hydrogen-bond acceptors (Lipinski definition) is 3. The third-order valence-corrected chi connectivity index (χ3v) is 10.1. The SMILES string of the molecule is Cc1cccc2c1N1c3ccccc3C(C)(C)c3ccc(-c4cccc(-c5cccc(N(c6ccccc6)c6ccccc6)c5)c4)c(c31)O2. The Labute approximate surface area is 288 Å². The molecule has 0 aromatic heterocycles. The van der Waals surface area contributed by atoms with Gasteiger partial charge in [-0.05, 0) is 94.9 Å². The van der Waals surface area contributed by atoms with Crippen LogP contribution in [0.3, 0.4) is 0 Å². The standard InChI is InChI=1S/C46H36N2O/c1-31-15-12-26-42-43(31)48-41-25-11-10-24-39(41)46(2,3)40-28-27-38(45(49-42)44(40)48)34-18-13-16-32(29-34)33-17-14-23-37(30-33)47(35-19-6-4-7-20-35)36-21-8-5-9-22-36/h4-30H,1-3H3. The molecule has 2 heterocycles. The number of aryl methyl sites for hydroxylation is 1. The highest BCUT2D eigenvalue weighted by atomic mass is 16.5. The van der Waals surface area contributed by atoms with Gasteiger partial charge in [-0.3, -0.25) is 0 Å². The predicted octanol–water partition coefficient (Wildman–Crippen LogP) is 13.0. The molecule has 0 saturated heterocycles. The molecule has 0 aliphatic carbocycles. The van der Waals surface area contributed by atoms with Gasteiger partial charge in [-0.2, -0.15) is 0 Å². The Balaban J connectivity index is 1.18. The van der Waals surface area contributed by atoms with Crippen molar-refractivity contribution in [1.29, 1.82) is 0 Å². The number of nitrogens with zero attached hydrogens (tertiary/aromatic N) is 2. The van der Waals surface area contributed by atoms with Crippen LogP contribution in [0.15, 0.2) is 164 Å². The molecule has 2 aliphatic heterocycles. The van der Waals surface area contributed by atoms with Crippen molar-refractivity contribution in [3.05, 3.63) is 180 Å². The molecular formula is C46H36N2O. The number of ether oxygens (including phenoxy) is 1. The second-order valence-electron chi connectivity index (χ2n) is 13.5. The number of anilines is 6. The van der Waals surface area contributed by atoms with Crippen LogP contribution in [0.4, 0.5) is 34.1 Å². The van der Waals surface area contributed by atoms with Gasteiger partial charge in [0.25, 0.3) is 0 Å². The first-order chi connectivity index (χ1) is 24.0. The quantitative estimate of drug-likeness (QED) is 0.188. The van der Waals surface area contributed by atoms with Gasteiger partial charge in [0.15, 0.2) is 11.5 Å². The molecular weight excluding hydrogens is 597 g/mol. The summed E-state index contributed by atoms with van der Waals surface area (Å²) in [7, 11) is 0. The van der Waals surface area contributed by atoms with E-state index in [9.17, 15) is 0 Å². The monoisotopic (exact) mass is 632 g/mol. The van der Waals surface area contributed by atoms with Gasteiger partial charge >= 0.3 is 0 Å². The molecule has 9 rings (SSSR count). The molecule has 0 N–H and O–H groups in total. The van der Waals surface area contributed by atoms with E-state index in [-0.39, 0.29) is 5.41 Å². The molecule has 3 nitrogen and oxygen atoms in total. The van der Waals surface area contributed by atoms with Gasteiger partial charge in [-0.15, -0.1) is 0 Å². The zero-order valence-corrected chi connectivity index (χ0v) is 27.9. The maximum absolute atomic E-state index is 6.94. The third kappa shape index (κ3) is 4.65. The minimum Gasteiger partial charge on any atom is -0.452 e. The van der Waals surface area contributed by atoms with Gasteiger partial charge in [0.1, 0.15) is 0 Å². The van der Waals surface area contributed by atoms with E-state index in [1.54, 1.807) is 0 Å². The maximum Gasteiger partial charge on any atom is 0.159 e. The van der Waals surface area contributed by atoms with Crippen molar-refractivity contribution >= 4 is 34.1 Å². The summed E-state index contributed by atoms with van der Waals surface area (Å²) in [6.45, 7) is 6.83. The number of para-hydroxylation sites is 4. The molecule has 0 atom stereocenters. The van der Waals surface area contributed by atoms with Gasteiger partial charge in [0, 0.05) is 28.0 Å². The first-order valence-electron chi connectivity index (χ1n) is 16.9. The van der Waals surface area contributed by atoms with E-state index in [4.69, 9.17) is 4.74 Å². The van der Waals surface area contributed by atoms with Crippen LogP contribution in [0, 0.1) is 6.92 Å². The Bertz CT molecular complexity index is 2320. The smallest absolute Gasteiger partial charge is 0.159 e. The van der Waals surface area contributed by atoms with Crippen LogP contribution in [0.2, 0.25) is 0 Å². The van der Waals surface area contributed by atoms with Crippen molar-refractivity contribution in [2.75, 3.05) is 9.80 Å². The van der Waals surface area contributed by atoms with Crippen LogP contribution in [-0.4, -0.2) is 0 Å². The molecule has 0 fully saturated rings. The molecule has 0 unspecified atom stereocenters. The lowest BCUT2D eigenvalue weighted by atomic mass is 9.72. The summed E-state index contributed by atoms with van der Waals surface area (Å²) >= 11 is 0. The molecule has 2 aliphatic rings. The zero-order valence-electron chi connectivity index (χ0n) is 27.9. The molecule has 3 heteroatoms. The Hall–Kier alpha value is -6.06. The summed E-state index contributed by atoms with van der Waals surface area (Å²) in [5.74, 6) is 1.79. The molecule has 7 aromatic carbocycles. The Kier molecular flexibility index (Phi) is 6.70. The van der Waals surface area contributed by atoms with Crippen LogP contribution in [-0.2, 0) is 5.41 Å². The Morgan fingerprint density at radius 1 is 0.510 bits per heavy atom. The van der Waals surface area contributed by atoms with Gasteiger partial charge in [0.2, 0.25) is 0 Å². The van der Waals surface area contributed by atoms with Gasteiger partial charge in [-0.1, -0.05) is 123 Å². The summed E-state index contributed by atoms with van der Waals surface area (Å²) in [6, 6.07) is 58.5. The number of hydrogen-bond donors (Lipinski definition) is 0. The fourth-order valence-corrected chi connectivity index (χ4v) is 7.73. The fourth-order valence-electron chi connectivity index (χ4n) is 7.73. The molecule has 49 heavy (non-hydrogen) atoms. The van der Waals surface area contributed by atoms with E-state index in [0.717, 1.165) is 62.2 Å². The molecule has 0 bridgehead atoms. The van der Waals surface area contributed by atoms with Crippen molar-refractivity contribution in [3.63, 3.8) is 0 Å². The van der Waals surface area contributed by atoms with Crippen molar-refractivity contribution < 1.29 is 4.74 Å². The first kappa shape index (κ1) is 29.1. The lowest BCUT2D eigenvalue weighted by Gasteiger charge is -2.45. The van der Waals surface area contributed by atoms with E-state index in [1.165, 1.54) is 22.4 Å². The predicted molar refractivity (Wildman–Crippen MR) is 204 cm³/mol. The van der Waals surface area contributed by atoms with Crippen LogP contribution in [0.5, 0.6) is 11.5 Å². The summed E-state index contributed by atoms with van der Waals surface area (Å²) in [5, 5.41) is 0. The fraction of sp³-hybridized carbons (Fsp3) is 0.0870. The molecule has 0 amide bonds. The first-order valence-corrected chi connectivity index (χ1v) is 16.9. The molecule has 0 radical (unpaired) electrons. The van der Waals surface area contributed by atoms with E-state index < -0.39 is 0 Å². The van der Waals surface area contributed by atoms with Crippen molar-refractivity contribution in [3.8, 4) is 33.8 Å². The topological polar surface area (TPSA) is 15.7 Å². The normalized spacial score (nSPS) is 13.5. The molecule has 0 spiro atoms. The van der Waals surface area contributed by atoms with Crippen molar-refractivity contribution in [1.82, 2.24) is 0 Å². The maximum atomic E-state index is 6.94. The van der Waals surface area contributed by atoms with Gasteiger partial charge in [0.05, 0.1) is 17.1 Å². The van der Waals surface area contributed by atoms with Crippen LogP contribution < -0.4 is 14.5 Å². The average molecular weight is 633 g/mol. The van der Waals surface area contributed by atoms with Crippen molar-refractivity contribution in [2.45, 2.75) is 26.2 Å². The number of benzene rings is 7. The largest absolute Gasteiger partial charge is 0.452 e. The second kappa shape index (κ2) is 11.3. The van der Waals surface area contributed by atoms with Gasteiger partial charge in [-0.25, -0.2) is 0 Å².